The van der Waals surface area contributed by atoms with Crippen LogP contribution >= 0.6 is 0 Å². The van der Waals surface area contributed by atoms with Gasteiger partial charge in [-0.3, -0.25) is 0 Å². The summed E-state index contributed by atoms with van der Waals surface area (Å²) in [5.74, 6) is 0.862. The van der Waals surface area contributed by atoms with Crippen molar-refractivity contribution in [3.05, 3.63) is 96.7 Å². The van der Waals surface area contributed by atoms with Crippen molar-refractivity contribution in [1.82, 2.24) is 4.98 Å². The lowest BCUT2D eigenvalue weighted by atomic mass is 10.2. The summed E-state index contributed by atoms with van der Waals surface area (Å²) in [5, 5.41) is 3.56. The van der Waals surface area contributed by atoms with Crippen LogP contribution in [0.5, 0.6) is 5.75 Å². The molecule has 0 saturated carbocycles. The predicted octanol–water partition coefficient (Wildman–Crippen LogP) is 5.48. The zero-order valence-electron chi connectivity index (χ0n) is 17.5. The lowest BCUT2D eigenvalue weighted by molar-refractivity contribution is 0.511. The van der Waals surface area contributed by atoms with Crippen molar-refractivity contribution in [2.24, 2.45) is 0 Å². The highest BCUT2D eigenvalue weighted by molar-refractivity contribution is 7.00. The van der Waals surface area contributed by atoms with Crippen LogP contribution in [0, 0.1) is 6.92 Å². The fourth-order valence-corrected chi connectivity index (χ4v) is 8.54. The Balaban J connectivity index is 2.01. The molecule has 0 aliphatic rings. The average molecular weight is 398 g/mol. The number of benzene rings is 3. The van der Waals surface area contributed by atoms with Gasteiger partial charge in [0.2, 0.25) is 0 Å². The highest BCUT2D eigenvalue weighted by Crippen LogP contribution is 2.39. The van der Waals surface area contributed by atoms with E-state index in [2.05, 4.69) is 112 Å². The van der Waals surface area contributed by atoms with Gasteiger partial charge in [0.05, 0.1) is 0 Å². The summed E-state index contributed by atoms with van der Waals surface area (Å²) in [6.07, 6.45) is 0. The first-order valence-corrected chi connectivity index (χ1v) is 12.0. The van der Waals surface area contributed by atoms with Crippen LogP contribution in [-0.4, -0.2) is 13.3 Å². The molecule has 0 radical (unpaired) electrons. The van der Waals surface area contributed by atoms with Crippen LogP contribution in [0.3, 0.4) is 0 Å². The summed E-state index contributed by atoms with van der Waals surface area (Å²) in [7, 11) is -2.66. The first kappa shape index (κ1) is 19.4. The molecule has 0 unspecified atom stereocenters. The fraction of sp³-hybridized carbons (Fsp3) is 0.192. The first-order valence-electron chi connectivity index (χ1n) is 10.1. The summed E-state index contributed by atoms with van der Waals surface area (Å²) < 4.78 is 7.18. The van der Waals surface area contributed by atoms with Crippen molar-refractivity contribution in [1.29, 1.82) is 0 Å². The van der Waals surface area contributed by atoms with Gasteiger partial charge in [-0.2, -0.15) is 0 Å². The molecule has 0 saturated heterocycles. The van der Waals surface area contributed by atoms with E-state index in [1.54, 1.807) is 0 Å². The second-order valence-electron chi connectivity index (χ2n) is 8.55. The Labute approximate surface area is 174 Å². The number of para-hydroxylation sites is 1. The molecule has 0 bridgehead atoms. The second kappa shape index (κ2) is 7.49. The maximum absolute atomic E-state index is 7.18. The average Bonchev–Trinajstić information content (AvgIpc) is 2.72. The molecule has 3 aromatic carbocycles. The third kappa shape index (κ3) is 3.47. The summed E-state index contributed by atoms with van der Waals surface area (Å²) in [6, 6.07) is 31.8. The van der Waals surface area contributed by atoms with Gasteiger partial charge in [-0.05, 0) is 34.5 Å². The van der Waals surface area contributed by atoms with Gasteiger partial charge in [0.1, 0.15) is 11.3 Å². The normalized spacial score (nSPS) is 12.1. The van der Waals surface area contributed by atoms with E-state index >= 15 is 0 Å². The minimum Gasteiger partial charge on any atom is -0.533 e. The third-order valence-corrected chi connectivity index (χ3v) is 10.4. The maximum atomic E-state index is 7.18. The monoisotopic (exact) mass is 397 g/mol. The van der Waals surface area contributed by atoms with Crippen LogP contribution in [0.4, 0.5) is 0 Å². The Morgan fingerprint density at radius 1 is 0.690 bits per heavy atom. The lowest BCUT2D eigenvalue weighted by Crippen LogP contribution is -2.68. The van der Waals surface area contributed by atoms with E-state index in [1.807, 2.05) is 6.92 Å². The number of aryl methyl sites for hydroxylation is 1. The van der Waals surface area contributed by atoms with Gasteiger partial charge in [0.15, 0.2) is 0 Å². The van der Waals surface area contributed by atoms with Crippen LogP contribution in [0.15, 0.2) is 91.0 Å². The topological polar surface area (TPSA) is 22.1 Å². The number of rotatable bonds is 4. The molecular weight excluding hydrogens is 370 g/mol. The summed E-state index contributed by atoms with van der Waals surface area (Å²) in [5.41, 5.74) is 1.93. The molecule has 0 amide bonds. The highest BCUT2D eigenvalue weighted by Gasteiger charge is 2.52. The molecule has 2 nitrogen and oxygen atoms in total. The largest absolute Gasteiger partial charge is 0.533 e. The van der Waals surface area contributed by atoms with Crippen molar-refractivity contribution in [2.75, 3.05) is 0 Å². The van der Waals surface area contributed by atoms with Gasteiger partial charge in [0.25, 0.3) is 0 Å². The number of aromatic nitrogens is 1. The van der Waals surface area contributed by atoms with E-state index in [1.165, 1.54) is 10.4 Å². The molecule has 4 aromatic rings. The van der Waals surface area contributed by atoms with Gasteiger partial charge in [-0.1, -0.05) is 99.6 Å². The van der Waals surface area contributed by atoms with Crippen LogP contribution in [0.25, 0.3) is 10.9 Å². The zero-order valence-corrected chi connectivity index (χ0v) is 18.5. The van der Waals surface area contributed by atoms with Crippen molar-refractivity contribution in [2.45, 2.75) is 32.7 Å². The standard InChI is InChI=1S/C26H27NOSi/c1-20-18-19-21-12-11-17-24(25(21)27-20)28-29(26(2,3)4,22-13-7-5-8-14-22)23-15-9-6-10-16-23/h5-19H,1-4H3. The van der Waals surface area contributed by atoms with Gasteiger partial charge >= 0.3 is 8.32 Å². The number of hydrogen-bond acceptors (Lipinski definition) is 2. The zero-order chi connectivity index (χ0) is 20.5. The van der Waals surface area contributed by atoms with E-state index in [9.17, 15) is 0 Å². The number of fused-ring (bicyclic) bond motifs is 1. The molecule has 4 rings (SSSR count). The van der Waals surface area contributed by atoms with Crippen molar-refractivity contribution in [3.63, 3.8) is 0 Å². The van der Waals surface area contributed by atoms with Gasteiger partial charge in [-0.15, -0.1) is 0 Å². The van der Waals surface area contributed by atoms with E-state index in [4.69, 9.17) is 9.41 Å². The fourth-order valence-electron chi connectivity index (χ4n) is 4.11. The van der Waals surface area contributed by atoms with Crippen molar-refractivity contribution in [3.8, 4) is 5.75 Å². The van der Waals surface area contributed by atoms with Crippen LogP contribution in [0.1, 0.15) is 26.5 Å². The Kier molecular flexibility index (Phi) is 5.01. The summed E-state index contributed by atoms with van der Waals surface area (Å²) in [4.78, 5) is 4.83. The quantitative estimate of drug-likeness (QED) is 0.425. The Morgan fingerprint density at radius 2 is 1.28 bits per heavy atom. The first-order chi connectivity index (χ1) is 13.9. The smallest absolute Gasteiger partial charge is 0.320 e. The number of hydrogen-bond donors (Lipinski definition) is 0. The molecule has 0 aliphatic carbocycles. The molecule has 0 fully saturated rings. The lowest BCUT2D eigenvalue weighted by Gasteiger charge is -2.43. The SMILES string of the molecule is Cc1ccc2cccc(O[Si](c3ccccc3)(c3ccccc3)C(C)(C)C)c2n1. The Morgan fingerprint density at radius 3 is 1.83 bits per heavy atom. The molecule has 0 atom stereocenters. The minimum atomic E-state index is -2.66. The summed E-state index contributed by atoms with van der Waals surface area (Å²) in [6.45, 7) is 8.91. The van der Waals surface area contributed by atoms with Crippen LogP contribution < -0.4 is 14.8 Å². The molecular formula is C26H27NOSi. The van der Waals surface area contributed by atoms with E-state index in [-0.39, 0.29) is 5.04 Å². The van der Waals surface area contributed by atoms with Crippen molar-refractivity contribution >= 4 is 29.6 Å². The third-order valence-electron chi connectivity index (χ3n) is 5.50. The van der Waals surface area contributed by atoms with Crippen molar-refractivity contribution < 1.29 is 4.43 Å². The van der Waals surface area contributed by atoms with E-state index in [0.29, 0.717) is 0 Å². The number of nitrogens with zero attached hydrogens (tertiary/aromatic N) is 1. The molecule has 0 spiro atoms. The molecule has 1 aromatic heterocycles. The predicted molar refractivity (Wildman–Crippen MR) is 125 cm³/mol. The highest BCUT2D eigenvalue weighted by atomic mass is 28.4. The van der Waals surface area contributed by atoms with Gasteiger partial charge in [0, 0.05) is 11.1 Å². The Bertz CT molecular complexity index is 1080. The second-order valence-corrected chi connectivity index (χ2v) is 12.8. The minimum absolute atomic E-state index is 0.0817. The van der Waals surface area contributed by atoms with Gasteiger partial charge < -0.3 is 4.43 Å². The molecule has 146 valence electrons. The molecule has 0 N–H and O–H groups in total. The van der Waals surface area contributed by atoms with Gasteiger partial charge in [-0.25, -0.2) is 4.98 Å². The Hall–Kier alpha value is -2.91. The maximum Gasteiger partial charge on any atom is 0.320 e. The van der Waals surface area contributed by atoms with Crippen LogP contribution in [0.2, 0.25) is 5.04 Å². The molecule has 0 aliphatic heterocycles. The van der Waals surface area contributed by atoms with E-state index in [0.717, 1.165) is 22.3 Å². The molecule has 1 heterocycles. The van der Waals surface area contributed by atoms with Crippen LogP contribution in [-0.2, 0) is 0 Å². The molecule has 29 heavy (non-hydrogen) atoms. The molecule has 3 heteroatoms. The summed E-state index contributed by atoms with van der Waals surface area (Å²) >= 11 is 0. The number of pyridine rings is 1. The van der Waals surface area contributed by atoms with E-state index < -0.39 is 8.32 Å².